The molecule has 0 N–H and O–H groups in total. The third-order valence-corrected chi connectivity index (χ3v) is 4.44. The lowest BCUT2D eigenvalue weighted by Gasteiger charge is -2.15. The van der Waals surface area contributed by atoms with Crippen molar-refractivity contribution in [3.05, 3.63) is 85.4 Å². The SMILES string of the molecule is Cn1c(C(F)(F)F)cc(=O)n(-c2cc(Oc3ccccc3)c(Br)cc2F)c1=O. The second kappa shape index (κ2) is 7.27. The van der Waals surface area contributed by atoms with Gasteiger partial charge >= 0.3 is 11.9 Å². The second-order valence-electron chi connectivity index (χ2n) is 5.69. The summed E-state index contributed by atoms with van der Waals surface area (Å²) in [5.41, 5.74) is -4.63. The Morgan fingerprint density at radius 1 is 1.04 bits per heavy atom. The summed E-state index contributed by atoms with van der Waals surface area (Å²) in [5.74, 6) is -0.531. The summed E-state index contributed by atoms with van der Waals surface area (Å²) in [7, 11) is 0.846. The van der Waals surface area contributed by atoms with Gasteiger partial charge in [-0.15, -0.1) is 0 Å². The Morgan fingerprint density at radius 3 is 2.29 bits per heavy atom. The fraction of sp³-hybridized carbons (Fsp3) is 0.111. The third-order valence-electron chi connectivity index (χ3n) is 3.82. The average Bonchev–Trinajstić information content (AvgIpc) is 2.61. The van der Waals surface area contributed by atoms with Gasteiger partial charge in [0, 0.05) is 19.2 Å². The van der Waals surface area contributed by atoms with Crippen LogP contribution in [0.2, 0.25) is 0 Å². The summed E-state index contributed by atoms with van der Waals surface area (Å²) in [6, 6.07) is 10.6. The van der Waals surface area contributed by atoms with E-state index < -0.39 is 34.6 Å². The molecule has 0 aliphatic heterocycles. The lowest BCUT2D eigenvalue weighted by molar-refractivity contribution is -0.144. The van der Waals surface area contributed by atoms with Crippen molar-refractivity contribution in [3.8, 4) is 17.2 Å². The maximum atomic E-state index is 14.5. The molecule has 10 heteroatoms. The van der Waals surface area contributed by atoms with Crippen molar-refractivity contribution in [2.24, 2.45) is 7.05 Å². The van der Waals surface area contributed by atoms with Gasteiger partial charge in [-0.1, -0.05) is 18.2 Å². The number of hydrogen-bond donors (Lipinski definition) is 0. The smallest absolute Gasteiger partial charge is 0.431 e. The van der Waals surface area contributed by atoms with E-state index in [-0.39, 0.29) is 20.9 Å². The first-order valence-electron chi connectivity index (χ1n) is 7.72. The number of ether oxygens (including phenoxy) is 1. The molecule has 3 rings (SSSR count). The predicted molar refractivity (Wildman–Crippen MR) is 96.5 cm³/mol. The van der Waals surface area contributed by atoms with Gasteiger partial charge in [-0.3, -0.25) is 9.36 Å². The summed E-state index contributed by atoms with van der Waals surface area (Å²) in [4.78, 5) is 24.6. The number of benzene rings is 2. The molecule has 0 saturated carbocycles. The molecule has 0 aliphatic rings. The van der Waals surface area contributed by atoms with Crippen molar-refractivity contribution in [2.75, 3.05) is 0 Å². The van der Waals surface area contributed by atoms with Crippen molar-refractivity contribution in [2.45, 2.75) is 6.18 Å². The number of alkyl halides is 3. The van der Waals surface area contributed by atoms with E-state index in [1.807, 2.05) is 0 Å². The Kier molecular flexibility index (Phi) is 5.16. The Bertz CT molecular complexity index is 1150. The van der Waals surface area contributed by atoms with Crippen molar-refractivity contribution in [1.29, 1.82) is 0 Å². The molecule has 0 radical (unpaired) electrons. The molecule has 146 valence electrons. The highest BCUT2D eigenvalue weighted by molar-refractivity contribution is 9.10. The monoisotopic (exact) mass is 458 g/mol. The van der Waals surface area contributed by atoms with Crippen molar-refractivity contribution >= 4 is 15.9 Å². The molecule has 0 fully saturated rings. The largest absolute Gasteiger partial charge is 0.456 e. The molecule has 0 spiro atoms. The van der Waals surface area contributed by atoms with Gasteiger partial charge in [0.05, 0.1) is 10.2 Å². The van der Waals surface area contributed by atoms with Gasteiger partial charge < -0.3 is 4.74 Å². The van der Waals surface area contributed by atoms with E-state index in [2.05, 4.69) is 15.9 Å². The zero-order valence-electron chi connectivity index (χ0n) is 14.1. The summed E-state index contributed by atoms with van der Waals surface area (Å²) in [6.45, 7) is 0. The highest BCUT2D eigenvalue weighted by Crippen LogP contribution is 2.33. The first-order valence-corrected chi connectivity index (χ1v) is 8.51. The summed E-state index contributed by atoms with van der Waals surface area (Å²) in [6.07, 6.45) is -4.91. The van der Waals surface area contributed by atoms with Gasteiger partial charge in [-0.25, -0.2) is 13.8 Å². The van der Waals surface area contributed by atoms with Crippen LogP contribution in [-0.2, 0) is 13.2 Å². The molecule has 0 atom stereocenters. The van der Waals surface area contributed by atoms with Crippen LogP contribution in [0.5, 0.6) is 11.5 Å². The highest BCUT2D eigenvalue weighted by atomic mass is 79.9. The Morgan fingerprint density at radius 2 is 1.68 bits per heavy atom. The van der Waals surface area contributed by atoms with Crippen LogP contribution in [0, 0.1) is 5.82 Å². The fourth-order valence-electron chi connectivity index (χ4n) is 2.50. The van der Waals surface area contributed by atoms with E-state index >= 15 is 0 Å². The third kappa shape index (κ3) is 3.72. The molecule has 0 saturated heterocycles. The molecule has 0 unspecified atom stereocenters. The minimum absolute atomic E-state index is 0.0662. The van der Waals surface area contributed by atoms with E-state index in [0.717, 1.165) is 19.2 Å². The summed E-state index contributed by atoms with van der Waals surface area (Å²) < 4.78 is 59.7. The van der Waals surface area contributed by atoms with Crippen LogP contribution < -0.4 is 16.0 Å². The van der Waals surface area contributed by atoms with Gasteiger partial charge in [0.25, 0.3) is 5.56 Å². The fourth-order valence-corrected chi connectivity index (χ4v) is 2.90. The van der Waals surface area contributed by atoms with Crippen LogP contribution in [0.25, 0.3) is 5.69 Å². The summed E-state index contributed by atoms with van der Waals surface area (Å²) >= 11 is 3.12. The molecule has 2 aromatic carbocycles. The van der Waals surface area contributed by atoms with Crippen LogP contribution in [0.3, 0.4) is 0 Å². The molecule has 5 nitrogen and oxygen atoms in total. The van der Waals surface area contributed by atoms with Crippen molar-refractivity contribution in [3.63, 3.8) is 0 Å². The number of halogens is 5. The van der Waals surface area contributed by atoms with Gasteiger partial charge in [0.15, 0.2) is 0 Å². The molecule has 0 amide bonds. The van der Waals surface area contributed by atoms with E-state index in [1.54, 1.807) is 30.3 Å². The minimum atomic E-state index is -4.91. The molecule has 1 aromatic heterocycles. The van der Waals surface area contributed by atoms with E-state index in [0.29, 0.717) is 10.3 Å². The molecular weight excluding hydrogens is 448 g/mol. The first-order chi connectivity index (χ1) is 13.1. The average molecular weight is 459 g/mol. The zero-order valence-corrected chi connectivity index (χ0v) is 15.7. The van der Waals surface area contributed by atoms with E-state index in [9.17, 15) is 27.2 Å². The highest BCUT2D eigenvalue weighted by Gasteiger charge is 2.35. The van der Waals surface area contributed by atoms with Crippen LogP contribution in [-0.4, -0.2) is 9.13 Å². The lowest BCUT2D eigenvalue weighted by Crippen LogP contribution is -2.41. The molecular formula is C18H11BrF4N2O3. The lowest BCUT2D eigenvalue weighted by atomic mass is 10.2. The maximum absolute atomic E-state index is 14.5. The normalized spacial score (nSPS) is 11.5. The molecule has 0 bridgehead atoms. The van der Waals surface area contributed by atoms with Crippen LogP contribution in [0.15, 0.2) is 62.6 Å². The number of nitrogens with zero attached hydrogens (tertiary/aromatic N) is 2. The predicted octanol–water partition coefficient (Wildman–Crippen LogP) is 4.25. The van der Waals surface area contributed by atoms with Crippen LogP contribution in [0.1, 0.15) is 5.69 Å². The van der Waals surface area contributed by atoms with Crippen molar-refractivity contribution < 1.29 is 22.3 Å². The molecule has 0 aliphatic carbocycles. The number of aromatic nitrogens is 2. The topological polar surface area (TPSA) is 53.2 Å². The van der Waals surface area contributed by atoms with Gasteiger partial charge in [-0.2, -0.15) is 13.2 Å². The first kappa shape index (κ1) is 19.9. The van der Waals surface area contributed by atoms with Crippen LogP contribution >= 0.6 is 15.9 Å². The van der Waals surface area contributed by atoms with Gasteiger partial charge in [-0.05, 0) is 34.1 Å². The number of hydrogen-bond acceptors (Lipinski definition) is 3. The van der Waals surface area contributed by atoms with E-state index in [4.69, 9.17) is 4.74 Å². The minimum Gasteiger partial charge on any atom is -0.456 e. The van der Waals surface area contributed by atoms with Crippen molar-refractivity contribution in [1.82, 2.24) is 9.13 Å². The maximum Gasteiger partial charge on any atom is 0.431 e. The molecule has 28 heavy (non-hydrogen) atoms. The van der Waals surface area contributed by atoms with E-state index in [1.165, 1.54) is 0 Å². The van der Waals surface area contributed by atoms with Gasteiger partial charge in [0.1, 0.15) is 23.0 Å². The summed E-state index contributed by atoms with van der Waals surface area (Å²) in [5, 5.41) is 0. The molecule has 1 heterocycles. The second-order valence-corrected chi connectivity index (χ2v) is 6.55. The number of para-hydroxylation sites is 1. The van der Waals surface area contributed by atoms with Crippen LogP contribution in [0.4, 0.5) is 17.6 Å². The molecule has 3 aromatic rings. The Balaban J connectivity index is 2.20. The Hall–Kier alpha value is -2.88. The quantitative estimate of drug-likeness (QED) is 0.551. The van der Waals surface area contributed by atoms with Gasteiger partial charge in [0.2, 0.25) is 0 Å². The zero-order chi connectivity index (χ0) is 20.6. The number of rotatable bonds is 3. The standard InChI is InChI=1S/C18H11BrF4N2O3/c1-24-15(18(21,22)23)9-16(26)25(17(24)27)13-8-14(11(19)7-12(13)20)28-10-5-3-2-4-6-10/h2-9H,1H3. The Labute approximate surface area is 163 Å².